The highest BCUT2D eigenvalue weighted by Gasteiger charge is 2.24. The maximum absolute atomic E-state index is 12.7. The van der Waals surface area contributed by atoms with Gasteiger partial charge in [0.25, 0.3) is 12.2 Å². The Hall–Kier alpha value is -1.78. The first-order valence-corrected chi connectivity index (χ1v) is 5.07. The predicted octanol–water partition coefficient (Wildman–Crippen LogP) is 2.68. The average Bonchev–Trinajstić information content (AvgIpc) is 2.27. The van der Waals surface area contributed by atoms with Crippen molar-refractivity contribution in [1.82, 2.24) is 0 Å². The third kappa shape index (κ3) is 3.09. The Balaban J connectivity index is 3.15. The molecule has 3 nitrogen and oxygen atoms in total. The Kier molecular flexibility index (Phi) is 4.31. The summed E-state index contributed by atoms with van der Waals surface area (Å²) in [7, 11) is 0. The van der Waals surface area contributed by atoms with Crippen molar-refractivity contribution in [3.8, 4) is 0 Å². The second kappa shape index (κ2) is 5.52. The number of carbonyl (C=O) groups is 2. The van der Waals surface area contributed by atoms with Gasteiger partial charge in [-0.05, 0) is 19.9 Å². The molecule has 0 saturated heterocycles. The molecule has 0 heterocycles. The van der Waals surface area contributed by atoms with Crippen molar-refractivity contribution in [1.29, 1.82) is 0 Å². The standard InChI is InChI=1S/C12H12F2O3/c1-3-17-12(16)10(15)9-6-7(2)4-5-8(9)11(13)14/h4-6,11H,3H2,1-2H3. The summed E-state index contributed by atoms with van der Waals surface area (Å²) in [5.74, 6) is -2.15. The number of carbonyl (C=O) groups excluding carboxylic acids is 2. The molecule has 0 aliphatic carbocycles. The Labute approximate surface area is 97.4 Å². The molecule has 0 aromatic heterocycles. The van der Waals surface area contributed by atoms with E-state index < -0.39 is 23.7 Å². The average molecular weight is 242 g/mol. The van der Waals surface area contributed by atoms with Crippen LogP contribution in [0.5, 0.6) is 0 Å². The fourth-order valence-corrected chi connectivity index (χ4v) is 1.36. The van der Waals surface area contributed by atoms with Crippen LogP contribution in [-0.2, 0) is 9.53 Å². The lowest BCUT2D eigenvalue weighted by Gasteiger charge is -2.08. The van der Waals surface area contributed by atoms with Gasteiger partial charge >= 0.3 is 5.97 Å². The van der Waals surface area contributed by atoms with E-state index in [0.717, 1.165) is 6.07 Å². The van der Waals surface area contributed by atoms with Gasteiger partial charge in [0.15, 0.2) is 0 Å². The van der Waals surface area contributed by atoms with Crippen molar-refractivity contribution < 1.29 is 23.1 Å². The number of esters is 1. The van der Waals surface area contributed by atoms with E-state index >= 15 is 0 Å². The summed E-state index contributed by atoms with van der Waals surface area (Å²) < 4.78 is 29.8. The zero-order chi connectivity index (χ0) is 13.0. The van der Waals surface area contributed by atoms with Crippen molar-refractivity contribution in [3.05, 3.63) is 34.9 Å². The molecule has 5 heteroatoms. The maximum atomic E-state index is 12.7. The van der Waals surface area contributed by atoms with E-state index in [1.54, 1.807) is 6.92 Å². The highest BCUT2D eigenvalue weighted by Crippen LogP contribution is 2.24. The molecule has 0 aliphatic heterocycles. The maximum Gasteiger partial charge on any atom is 0.379 e. The highest BCUT2D eigenvalue weighted by molar-refractivity contribution is 6.41. The molecule has 0 bridgehead atoms. The molecule has 1 aromatic carbocycles. The van der Waals surface area contributed by atoms with Crippen LogP contribution >= 0.6 is 0 Å². The molecule has 92 valence electrons. The summed E-state index contributed by atoms with van der Waals surface area (Å²) in [6.45, 7) is 3.22. The minimum atomic E-state index is -2.80. The van der Waals surface area contributed by atoms with Gasteiger partial charge in [0, 0.05) is 11.1 Å². The summed E-state index contributed by atoms with van der Waals surface area (Å²) in [4.78, 5) is 22.8. The van der Waals surface area contributed by atoms with Gasteiger partial charge in [-0.3, -0.25) is 4.79 Å². The summed E-state index contributed by atoms with van der Waals surface area (Å²) in [5.41, 5.74) is -0.117. The highest BCUT2D eigenvalue weighted by atomic mass is 19.3. The van der Waals surface area contributed by atoms with Crippen LogP contribution < -0.4 is 0 Å². The van der Waals surface area contributed by atoms with E-state index in [1.165, 1.54) is 19.1 Å². The zero-order valence-electron chi connectivity index (χ0n) is 9.50. The second-order valence-corrected chi connectivity index (χ2v) is 3.44. The van der Waals surface area contributed by atoms with Crippen molar-refractivity contribution in [2.75, 3.05) is 6.61 Å². The number of halogens is 2. The summed E-state index contributed by atoms with van der Waals surface area (Å²) in [6.07, 6.45) is -2.80. The largest absolute Gasteiger partial charge is 0.460 e. The third-order valence-electron chi connectivity index (χ3n) is 2.15. The molecule has 0 saturated carbocycles. The van der Waals surface area contributed by atoms with Crippen molar-refractivity contribution in [2.45, 2.75) is 20.3 Å². The van der Waals surface area contributed by atoms with Crippen LogP contribution in [0.15, 0.2) is 18.2 Å². The van der Waals surface area contributed by atoms with E-state index in [0.29, 0.717) is 5.56 Å². The van der Waals surface area contributed by atoms with Crippen molar-refractivity contribution in [2.24, 2.45) is 0 Å². The lowest BCUT2D eigenvalue weighted by Crippen LogP contribution is -2.19. The lowest BCUT2D eigenvalue weighted by molar-refractivity contribution is -0.137. The normalized spacial score (nSPS) is 10.4. The number of Topliss-reactive ketones (excluding diaryl/α,β-unsaturated/α-hetero) is 1. The summed E-state index contributed by atoms with van der Waals surface area (Å²) >= 11 is 0. The Morgan fingerprint density at radius 2 is 2.00 bits per heavy atom. The topological polar surface area (TPSA) is 43.4 Å². The van der Waals surface area contributed by atoms with Gasteiger partial charge in [-0.1, -0.05) is 17.7 Å². The number of rotatable bonds is 4. The molecule has 0 spiro atoms. The fourth-order valence-electron chi connectivity index (χ4n) is 1.36. The van der Waals surface area contributed by atoms with Gasteiger partial charge in [0.05, 0.1) is 6.61 Å². The van der Waals surface area contributed by atoms with Crippen molar-refractivity contribution in [3.63, 3.8) is 0 Å². The first-order chi connectivity index (χ1) is 7.97. The van der Waals surface area contributed by atoms with Crippen molar-refractivity contribution >= 4 is 11.8 Å². The van der Waals surface area contributed by atoms with Crippen LogP contribution in [0.4, 0.5) is 8.78 Å². The van der Waals surface area contributed by atoms with E-state index in [4.69, 9.17) is 0 Å². The molecule has 0 radical (unpaired) electrons. The van der Waals surface area contributed by atoms with Gasteiger partial charge in [0.1, 0.15) is 0 Å². The van der Waals surface area contributed by atoms with E-state index in [-0.39, 0.29) is 12.2 Å². The summed E-state index contributed by atoms with van der Waals surface area (Å²) in [6, 6.07) is 3.87. The van der Waals surface area contributed by atoms with Crippen LogP contribution in [0, 0.1) is 6.92 Å². The molecular formula is C12H12F2O3. The molecule has 0 N–H and O–H groups in total. The smallest absolute Gasteiger partial charge is 0.379 e. The monoisotopic (exact) mass is 242 g/mol. The predicted molar refractivity (Wildman–Crippen MR) is 57.1 cm³/mol. The molecular weight excluding hydrogens is 230 g/mol. The second-order valence-electron chi connectivity index (χ2n) is 3.44. The Morgan fingerprint density at radius 3 is 2.53 bits per heavy atom. The number of hydrogen-bond acceptors (Lipinski definition) is 3. The molecule has 1 aromatic rings. The Bertz CT molecular complexity index is 441. The first-order valence-electron chi connectivity index (χ1n) is 5.07. The van der Waals surface area contributed by atoms with Gasteiger partial charge in [0.2, 0.25) is 0 Å². The number of benzene rings is 1. The minimum absolute atomic E-state index is 0.0282. The van der Waals surface area contributed by atoms with Gasteiger partial charge in [-0.15, -0.1) is 0 Å². The zero-order valence-corrected chi connectivity index (χ0v) is 9.50. The van der Waals surface area contributed by atoms with Crippen LogP contribution in [0.3, 0.4) is 0 Å². The minimum Gasteiger partial charge on any atom is -0.460 e. The number of hydrogen-bond donors (Lipinski definition) is 0. The van der Waals surface area contributed by atoms with E-state index in [9.17, 15) is 18.4 Å². The molecule has 1 rings (SSSR count). The molecule has 0 amide bonds. The Morgan fingerprint density at radius 1 is 1.35 bits per heavy atom. The quantitative estimate of drug-likeness (QED) is 0.463. The van der Waals surface area contributed by atoms with Crippen LogP contribution in [-0.4, -0.2) is 18.4 Å². The van der Waals surface area contributed by atoms with E-state index in [2.05, 4.69) is 4.74 Å². The number of aryl methyl sites for hydroxylation is 1. The SMILES string of the molecule is CCOC(=O)C(=O)c1cc(C)ccc1C(F)F. The summed E-state index contributed by atoms with van der Waals surface area (Å²) in [5, 5.41) is 0. The molecule has 0 unspecified atom stereocenters. The lowest BCUT2D eigenvalue weighted by atomic mass is 10.0. The van der Waals surface area contributed by atoms with Gasteiger partial charge in [-0.2, -0.15) is 0 Å². The van der Waals surface area contributed by atoms with E-state index in [1.807, 2.05) is 0 Å². The first kappa shape index (κ1) is 13.3. The third-order valence-corrected chi connectivity index (χ3v) is 2.15. The molecule has 0 atom stereocenters. The number of ether oxygens (including phenoxy) is 1. The van der Waals surface area contributed by atoms with Crippen LogP contribution in [0.2, 0.25) is 0 Å². The van der Waals surface area contributed by atoms with Gasteiger partial charge < -0.3 is 4.74 Å². The molecule has 0 aliphatic rings. The molecule has 0 fully saturated rings. The molecule has 17 heavy (non-hydrogen) atoms. The number of ketones is 1. The van der Waals surface area contributed by atoms with Crippen LogP contribution in [0.1, 0.15) is 34.8 Å². The fraction of sp³-hybridized carbons (Fsp3) is 0.333. The van der Waals surface area contributed by atoms with Gasteiger partial charge in [-0.25, -0.2) is 13.6 Å². The number of alkyl halides is 2. The van der Waals surface area contributed by atoms with Crippen LogP contribution in [0.25, 0.3) is 0 Å².